The van der Waals surface area contributed by atoms with Crippen LogP contribution < -0.4 is 29.6 Å². The molecule has 0 atom stereocenters. The average molecular weight is 201 g/mol. The van der Waals surface area contributed by atoms with Crippen molar-refractivity contribution in [2.45, 2.75) is 0 Å². The van der Waals surface area contributed by atoms with E-state index in [2.05, 4.69) is 0 Å². The van der Waals surface area contributed by atoms with Gasteiger partial charge >= 0.3 is 59.0 Å². The predicted octanol–water partition coefficient (Wildman–Crippen LogP) is -4.24. The number of hydrogen-bond donors (Lipinski definition) is 2. The van der Waals surface area contributed by atoms with Gasteiger partial charge in [0.25, 0.3) is 0 Å². The minimum absolute atomic E-state index is 0. The summed E-state index contributed by atoms with van der Waals surface area (Å²) in [4.78, 5) is 0. The maximum absolute atomic E-state index is 8.80. The molecular formula is H3FeMnNaO4. The van der Waals surface area contributed by atoms with Crippen LogP contribution in [0.5, 0.6) is 0 Å². The molecule has 0 aliphatic rings. The van der Waals surface area contributed by atoms with Crippen molar-refractivity contribution in [3.63, 3.8) is 0 Å². The van der Waals surface area contributed by atoms with Crippen LogP contribution in [0.4, 0.5) is 0 Å². The van der Waals surface area contributed by atoms with E-state index < -0.39 is 13.4 Å². The molecule has 7 heteroatoms. The van der Waals surface area contributed by atoms with E-state index >= 15 is 0 Å². The van der Waals surface area contributed by atoms with Crippen molar-refractivity contribution in [1.82, 2.24) is 0 Å². The predicted molar refractivity (Wildman–Crippen MR) is 6.92 cm³/mol. The summed E-state index contributed by atoms with van der Waals surface area (Å²) in [5.41, 5.74) is 0. The Morgan fingerprint density at radius 2 is 1.29 bits per heavy atom. The minimum atomic E-state index is -5.12. The molecule has 0 aromatic rings. The third kappa shape index (κ3) is 96.1. The molecule has 0 aliphatic heterocycles. The second-order valence-corrected chi connectivity index (χ2v) is 1.71. The molecule has 0 amide bonds. The zero-order valence-electron chi connectivity index (χ0n) is 4.44. The first kappa shape index (κ1) is 15.8. The van der Waals surface area contributed by atoms with Crippen molar-refractivity contribution < 1.29 is 77.5 Å². The van der Waals surface area contributed by atoms with Gasteiger partial charge in [0.2, 0.25) is 0 Å². The van der Waals surface area contributed by atoms with Gasteiger partial charge in [0, 0.05) is 17.1 Å². The number of rotatable bonds is 0. The Balaban J connectivity index is -0.0000000267. The van der Waals surface area contributed by atoms with Crippen LogP contribution in [0.15, 0.2) is 0 Å². The average Bonchev–Trinajstić information content (AvgIpc) is 0.722. The Morgan fingerprint density at radius 1 is 1.29 bits per heavy atom. The molecule has 2 N–H and O–H groups in total. The molecular weight excluding hydrogens is 198 g/mol. The zero-order chi connectivity index (χ0) is 4.50. The summed E-state index contributed by atoms with van der Waals surface area (Å²) in [5, 5.41) is 0. The monoisotopic (exact) mass is 201 g/mol. The number of hydrogen-bond acceptors (Lipinski definition) is 2. The molecule has 0 bridgehead atoms. The van der Waals surface area contributed by atoms with E-state index in [1.165, 1.54) is 0 Å². The fraction of sp³-hybridized carbons (Fsp3) is 0. The Kier molecular flexibility index (Phi) is 12.9. The van der Waals surface area contributed by atoms with Gasteiger partial charge in [-0.1, -0.05) is 0 Å². The molecule has 0 rings (SSSR count). The van der Waals surface area contributed by atoms with E-state index in [1.54, 1.807) is 0 Å². The zero-order valence-corrected chi connectivity index (χ0v) is 7.73. The Labute approximate surface area is 76.8 Å². The first-order valence-corrected chi connectivity index (χ1v) is 2.67. The quantitative estimate of drug-likeness (QED) is 0.389. The van der Waals surface area contributed by atoms with Crippen molar-refractivity contribution in [3.8, 4) is 0 Å². The van der Waals surface area contributed by atoms with E-state index in [0.29, 0.717) is 0 Å². The summed E-state index contributed by atoms with van der Waals surface area (Å²) in [6.45, 7) is 0. The van der Waals surface area contributed by atoms with Gasteiger partial charge in [-0.25, -0.2) is 0 Å². The molecule has 0 unspecified atom stereocenters. The second kappa shape index (κ2) is 5.69. The molecule has 0 spiro atoms. The van der Waals surface area contributed by atoms with Crippen molar-refractivity contribution in [2.24, 2.45) is 0 Å². The van der Waals surface area contributed by atoms with Crippen LogP contribution in [0, 0.1) is 0 Å². The van der Waals surface area contributed by atoms with Crippen LogP contribution in [-0.4, -0.2) is 8.38 Å². The standard InChI is InChI=1S/Fe.Mn.Na.2H2O.2O.H/h;;;2*1H2;;;/q;+2;+1;;;;;-1/p-2. The van der Waals surface area contributed by atoms with Gasteiger partial charge < -0.3 is 1.43 Å². The summed E-state index contributed by atoms with van der Waals surface area (Å²) in [7, 11) is 0. The van der Waals surface area contributed by atoms with Gasteiger partial charge in [0.1, 0.15) is 0 Å². The summed E-state index contributed by atoms with van der Waals surface area (Å²) in [6.07, 6.45) is 0. The van der Waals surface area contributed by atoms with Gasteiger partial charge in [-0.2, -0.15) is 0 Å². The van der Waals surface area contributed by atoms with Gasteiger partial charge in [-0.3, -0.25) is 0 Å². The molecule has 7 heavy (non-hydrogen) atoms. The van der Waals surface area contributed by atoms with Gasteiger partial charge in [-0.05, 0) is 0 Å². The van der Waals surface area contributed by atoms with Crippen molar-refractivity contribution in [2.75, 3.05) is 0 Å². The third-order valence-corrected chi connectivity index (χ3v) is 0. The first-order chi connectivity index (χ1) is 2.00. The SMILES string of the molecule is [Fe].[H-].[Na+].[O]=[Mn](=[O])([OH])[OH]. The van der Waals surface area contributed by atoms with Crippen molar-refractivity contribution >= 4 is 0 Å². The van der Waals surface area contributed by atoms with E-state index in [1.807, 2.05) is 0 Å². The molecule has 4 nitrogen and oxygen atoms in total. The Hall–Kier alpha value is 1.56. The van der Waals surface area contributed by atoms with Crippen molar-refractivity contribution in [1.29, 1.82) is 0 Å². The van der Waals surface area contributed by atoms with Crippen LogP contribution in [-0.2, 0) is 38.1 Å². The Morgan fingerprint density at radius 3 is 1.29 bits per heavy atom. The fourth-order valence-corrected chi connectivity index (χ4v) is 0. The van der Waals surface area contributed by atoms with Gasteiger partial charge in [0.05, 0.1) is 0 Å². The van der Waals surface area contributed by atoms with Gasteiger partial charge in [0.15, 0.2) is 0 Å². The summed E-state index contributed by atoms with van der Waals surface area (Å²) in [5.74, 6) is 0. The van der Waals surface area contributed by atoms with Gasteiger partial charge in [-0.15, -0.1) is 0 Å². The van der Waals surface area contributed by atoms with Crippen LogP contribution in [0.3, 0.4) is 0 Å². The summed E-state index contributed by atoms with van der Waals surface area (Å²) in [6, 6.07) is 0. The molecule has 0 radical (unpaired) electrons. The molecule has 0 fully saturated rings. The van der Waals surface area contributed by atoms with Crippen LogP contribution in [0.25, 0.3) is 0 Å². The molecule has 0 aliphatic carbocycles. The molecule has 0 saturated heterocycles. The third-order valence-electron chi connectivity index (χ3n) is 0. The maximum atomic E-state index is 8.80. The molecule has 43 valence electrons. The van der Waals surface area contributed by atoms with Crippen LogP contribution >= 0.6 is 0 Å². The van der Waals surface area contributed by atoms with Crippen LogP contribution in [0.2, 0.25) is 0 Å². The fourth-order valence-electron chi connectivity index (χ4n) is 0. The summed E-state index contributed by atoms with van der Waals surface area (Å²) < 4.78 is 31.8. The Bertz CT molecular complexity index is 99.2. The topological polar surface area (TPSA) is 74.6 Å². The summed E-state index contributed by atoms with van der Waals surface area (Å²) >= 11 is -5.12. The van der Waals surface area contributed by atoms with Crippen LogP contribution in [0.1, 0.15) is 1.43 Å². The van der Waals surface area contributed by atoms with Crippen molar-refractivity contribution in [3.05, 3.63) is 0 Å². The molecule has 0 aromatic carbocycles. The van der Waals surface area contributed by atoms with E-state index in [4.69, 9.17) is 16.0 Å². The van der Waals surface area contributed by atoms with E-state index in [9.17, 15) is 0 Å². The van der Waals surface area contributed by atoms with E-state index in [0.717, 1.165) is 0 Å². The first-order valence-electron chi connectivity index (χ1n) is 0.647. The van der Waals surface area contributed by atoms with E-state index in [-0.39, 0.29) is 48.1 Å². The second-order valence-electron chi connectivity index (χ2n) is 0.415. The normalized spacial score (nSPS) is 8.29. The molecule has 0 aromatic heterocycles. The molecule has 0 saturated carbocycles. The molecule has 0 heterocycles.